The number of sulfonamides is 1. The van der Waals surface area contributed by atoms with E-state index in [1.807, 2.05) is 0 Å². The van der Waals surface area contributed by atoms with Crippen LogP contribution in [0.1, 0.15) is 10.4 Å². The number of methoxy groups -OCH3 is 1. The van der Waals surface area contributed by atoms with E-state index in [-0.39, 0.29) is 10.5 Å². The Morgan fingerprint density at radius 1 is 1.14 bits per heavy atom. The first-order valence-corrected chi connectivity index (χ1v) is 7.76. The van der Waals surface area contributed by atoms with Crippen molar-refractivity contribution in [2.45, 2.75) is 4.90 Å². The molecule has 0 spiro atoms. The molecule has 7 heteroatoms. The highest BCUT2D eigenvalue weighted by molar-refractivity contribution is 7.92. The molecule has 116 valence electrons. The van der Waals surface area contributed by atoms with E-state index in [0.717, 1.165) is 4.31 Å². The monoisotopic (exact) mass is 321 g/mol. The predicted molar refractivity (Wildman–Crippen MR) is 82.0 cm³/mol. The van der Waals surface area contributed by atoms with E-state index in [0.29, 0.717) is 11.4 Å². The quantitative estimate of drug-likeness (QED) is 0.913. The minimum absolute atomic E-state index is 0.0165. The fourth-order valence-corrected chi connectivity index (χ4v) is 3.06. The summed E-state index contributed by atoms with van der Waals surface area (Å²) in [5, 5.41) is 8.85. The van der Waals surface area contributed by atoms with Gasteiger partial charge in [0.25, 0.3) is 10.0 Å². The normalized spacial score (nSPS) is 11.0. The fourth-order valence-electron chi connectivity index (χ4n) is 1.87. The Balaban J connectivity index is 2.38. The summed E-state index contributed by atoms with van der Waals surface area (Å²) < 4.78 is 31.3. The van der Waals surface area contributed by atoms with Crippen LogP contribution in [0.15, 0.2) is 53.4 Å². The largest absolute Gasteiger partial charge is 0.497 e. The van der Waals surface area contributed by atoms with Gasteiger partial charge in [0.1, 0.15) is 5.75 Å². The van der Waals surface area contributed by atoms with Crippen LogP contribution in [0.4, 0.5) is 5.69 Å². The lowest BCUT2D eigenvalue weighted by Crippen LogP contribution is -2.26. The molecule has 2 aromatic carbocycles. The topological polar surface area (TPSA) is 83.9 Å². The van der Waals surface area contributed by atoms with Crippen molar-refractivity contribution < 1.29 is 23.1 Å². The molecule has 22 heavy (non-hydrogen) atoms. The van der Waals surface area contributed by atoms with Gasteiger partial charge in [-0.05, 0) is 36.4 Å². The molecule has 0 radical (unpaired) electrons. The number of anilines is 1. The van der Waals surface area contributed by atoms with Crippen LogP contribution in [0, 0.1) is 0 Å². The zero-order valence-corrected chi connectivity index (χ0v) is 12.9. The van der Waals surface area contributed by atoms with Crippen LogP contribution in [-0.2, 0) is 10.0 Å². The second kappa shape index (κ2) is 6.07. The highest BCUT2D eigenvalue weighted by Crippen LogP contribution is 2.25. The van der Waals surface area contributed by atoms with Crippen molar-refractivity contribution in [3.63, 3.8) is 0 Å². The van der Waals surface area contributed by atoms with E-state index >= 15 is 0 Å². The second-order valence-electron chi connectivity index (χ2n) is 4.50. The predicted octanol–water partition coefficient (Wildman–Crippen LogP) is 2.22. The van der Waals surface area contributed by atoms with Crippen LogP contribution in [-0.4, -0.2) is 33.7 Å². The number of hydrogen-bond donors (Lipinski definition) is 1. The van der Waals surface area contributed by atoms with E-state index in [9.17, 15) is 13.2 Å². The third kappa shape index (κ3) is 3.04. The number of aromatic carboxylic acids is 1. The molecule has 2 rings (SSSR count). The van der Waals surface area contributed by atoms with Crippen LogP contribution in [0.3, 0.4) is 0 Å². The van der Waals surface area contributed by atoms with Crippen LogP contribution in [0.25, 0.3) is 0 Å². The molecule has 0 heterocycles. The number of ether oxygens (including phenoxy) is 1. The summed E-state index contributed by atoms with van der Waals surface area (Å²) in [4.78, 5) is 10.8. The van der Waals surface area contributed by atoms with Gasteiger partial charge in [-0.2, -0.15) is 0 Å². The molecule has 0 atom stereocenters. The minimum atomic E-state index is -3.77. The van der Waals surface area contributed by atoms with E-state index < -0.39 is 16.0 Å². The van der Waals surface area contributed by atoms with Gasteiger partial charge >= 0.3 is 5.97 Å². The smallest absolute Gasteiger partial charge is 0.335 e. The average Bonchev–Trinajstić information content (AvgIpc) is 2.54. The van der Waals surface area contributed by atoms with Gasteiger partial charge in [0.15, 0.2) is 0 Å². The number of benzene rings is 2. The molecule has 0 amide bonds. The lowest BCUT2D eigenvalue weighted by Gasteiger charge is -2.20. The second-order valence-corrected chi connectivity index (χ2v) is 6.47. The molecule has 0 saturated carbocycles. The fraction of sp³-hybridized carbons (Fsp3) is 0.133. The third-order valence-electron chi connectivity index (χ3n) is 3.18. The highest BCUT2D eigenvalue weighted by Gasteiger charge is 2.21. The summed E-state index contributed by atoms with van der Waals surface area (Å²) >= 11 is 0. The summed E-state index contributed by atoms with van der Waals surface area (Å²) in [6.45, 7) is 0. The average molecular weight is 321 g/mol. The lowest BCUT2D eigenvalue weighted by atomic mass is 10.2. The molecule has 0 unspecified atom stereocenters. The van der Waals surface area contributed by atoms with Crippen LogP contribution in [0.2, 0.25) is 0 Å². The Hall–Kier alpha value is -2.54. The Bertz CT molecular complexity index is 784. The van der Waals surface area contributed by atoms with Crippen LogP contribution in [0.5, 0.6) is 5.75 Å². The number of carbonyl (C=O) groups is 1. The first-order chi connectivity index (χ1) is 10.4. The molecule has 0 fully saturated rings. The molecule has 0 aromatic heterocycles. The summed E-state index contributed by atoms with van der Waals surface area (Å²) in [6.07, 6.45) is 0. The van der Waals surface area contributed by atoms with Crippen LogP contribution >= 0.6 is 0 Å². The molecule has 0 bridgehead atoms. The van der Waals surface area contributed by atoms with Gasteiger partial charge in [-0.15, -0.1) is 0 Å². The third-order valence-corrected chi connectivity index (χ3v) is 4.98. The molecule has 0 aliphatic heterocycles. The van der Waals surface area contributed by atoms with Gasteiger partial charge in [0, 0.05) is 13.1 Å². The zero-order valence-electron chi connectivity index (χ0n) is 12.1. The molecule has 2 aromatic rings. The summed E-state index contributed by atoms with van der Waals surface area (Å²) in [5.41, 5.74) is 0.477. The molecule has 0 aliphatic carbocycles. The van der Waals surface area contributed by atoms with Gasteiger partial charge in [-0.25, -0.2) is 13.2 Å². The Kier molecular flexibility index (Phi) is 4.37. The standard InChI is InChI=1S/C15H15NO5S/c1-16(12-4-3-5-13(10-12)21-2)22(19,20)14-8-6-11(7-9-14)15(17)18/h3-10H,1-2H3,(H,17,18). The van der Waals surface area contributed by atoms with Crippen LogP contribution < -0.4 is 9.04 Å². The van der Waals surface area contributed by atoms with Crippen molar-refractivity contribution >= 4 is 21.7 Å². The van der Waals surface area contributed by atoms with Gasteiger partial charge in [-0.3, -0.25) is 4.31 Å². The Labute approximate surface area is 128 Å². The molecule has 0 saturated heterocycles. The van der Waals surface area contributed by atoms with Crippen molar-refractivity contribution in [3.05, 3.63) is 54.1 Å². The van der Waals surface area contributed by atoms with Gasteiger partial charge < -0.3 is 9.84 Å². The molecule has 1 N–H and O–H groups in total. The zero-order chi connectivity index (χ0) is 16.3. The number of nitrogens with zero attached hydrogens (tertiary/aromatic N) is 1. The summed E-state index contributed by atoms with van der Waals surface area (Å²) in [5.74, 6) is -0.564. The Morgan fingerprint density at radius 3 is 2.32 bits per heavy atom. The molecule has 6 nitrogen and oxygen atoms in total. The lowest BCUT2D eigenvalue weighted by molar-refractivity contribution is 0.0696. The molecule has 0 aliphatic rings. The van der Waals surface area contributed by atoms with E-state index in [2.05, 4.69) is 0 Å². The molecular formula is C15H15NO5S. The number of hydrogen-bond acceptors (Lipinski definition) is 4. The minimum Gasteiger partial charge on any atom is -0.497 e. The SMILES string of the molecule is COc1cccc(N(C)S(=O)(=O)c2ccc(C(=O)O)cc2)c1. The summed E-state index contributed by atoms with van der Waals surface area (Å²) in [6, 6.07) is 11.7. The van der Waals surface area contributed by atoms with E-state index in [1.165, 1.54) is 38.4 Å². The van der Waals surface area contributed by atoms with Crippen molar-refractivity contribution in [2.24, 2.45) is 0 Å². The molecular weight excluding hydrogens is 306 g/mol. The van der Waals surface area contributed by atoms with Gasteiger partial charge in [-0.1, -0.05) is 6.07 Å². The Morgan fingerprint density at radius 2 is 1.77 bits per heavy atom. The van der Waals surface area contributed by atoms with E-state index in [1.54, 1.807) is 24.3 Å². The first kappa shape index (κ1) is 15.8. The van der Waals surface area contributed by atoms with Crippen molar-refractivity contribution in [1.29, 1.82) is 0 Å². The first-order valence-electron chi connectivity index (χ1n) is 6.32. The number of carboxylic acids is 1. The van der Waals surface area contributed by atoms with Crippen molar-refractivity contribution in [3.8, 4) is 5.75 Å². The number of rotatable bonds is 5. The van der Waals surface area contributed by atoms with Crippen molar-refractivity contribution in [1.82, 2.24) is 0 Å². The van der Waals surface area contributed by atoms with Gasteiger partial charge in [0.05, 0.1) is 23.3 Å². The highest BCUT2D eigenvalue weighted by atomic mass is 32.2. The van der Waals surface area contributed by atoms with E-state index in [4.69, 9.17) is 9.84 Å². The van der Waals surface area contributed by atoms with Crippen molar-refractivity contribution in [2.75, 3.05) is 18.5 Å². The maximum absolute atomic E-state index is 12.6. The number of carboxylic acid groups (broad SMARTS) is 1. The maximum Gasteiger partial charge on any atom is 0.335 e. The van der Waals surface area contributed by atoms with Gasteiger partial charge in [0.2, 0.25) is 0 Å². The summed E-state index contributed by atoms with van der Waals surface area (Å²) in [7, 11) is -0.851. The maximum atomic E-state index is 12.6.